The standard InChI is InChI=1S/C25H36N4OS/c1-4-28(5-2)25(30)26-17-11-19-18-7-6-8-21-24(18)20(22(27-21)15-31-3)12-23(19)29(14-17)13-16-9-10-16/h6-8,16-17,19,23,27H,4-5,9-15H2,1-3H3,(H,26,30)/t17-,19?,23+/m0/s1. The Morgan fingerprint density at radius 1 is 1.29 bits per heavy atom. The van der Waals surface area contributed by atoms with E-state index in [1.165, 1.54) is 41.5 Å². The normalized spacial score (nSPS) is 25.5. The largest absolute Gasteiger partial charge is 0.357 e. The summed E-state index contributed by atoms with van der Waals surface area (Å²) in [6, 6.07) is 7.66. The highest BCUT2D eigenvalue weighted by Gasteiger charge is 2.43. The van der Waals surface area contributed by atoms with Gasteiger partial charge in [-0.2, -0.15) is 11.8 Å². The van der Waals surface area contributed by atoms with Gasteiger partial charge in [0.25, 0.3) is 0 Å². The van der Waals surface area contributed by atoms with Crippen LogP contribution in [0, 0.1) is 5.92 Å². The molecule has 5 rings (SSSR count). The fourth-order valence-electron chi connectivity index (χ4n) is 5.95. The van der Waals surface area contributed by atoms with E-state index < -0.39 is 0 Å². The van der Waals surface area contributed by atoms with Crippen molar-refractivity contribution in [3.05, 3.63) is 35.0 Å². The van der Waals surface area contributed by atoms with Gasteiger partial charge in [0.1, 0.15) is 0 Å². The Labute approximate surface area is 190 Å². The predicted molar refractivity (Wildman–Crippen MR) is 130 cm³/mol. The first-order valence-electron chi connectivity index (χ1n) is 12.0. The second-order valence-electron chi connectivity index (χ2n) is 9.61. The third-order valence-electron chi connectivity index (χ3n) is 7.64. The highest BCUT2D eigenvalue weighted by molar-refractivity contribution is 7.97. The van der Waals surface area contributed by atoms with Gasteiger partial charge in [0.15, 0.2) is 0 Å². The van der Waals surface area contributed by atoms with E-state index in [9.17, 15) is 4.79 Å². The number of benzene rings is 1. The molecule has 2 heterocycles. The molecule has 1 aromatic carbocycles. The highest BCUT2D eigenvalue weighted by atomic mass is 32.2. The van der Waals surface area contributed by atoms with Crippen molar-refractivity contribution < 1.29 is 4.79 Å². The van der Waals surface area contributed by atoms with E-state index in [0.717, 1.165) is 44.1 Å². The third kappa shape index (κ3) is 3.97. The topological polar surface area (TPSA) is 51.4 Å². The first-order chi connectivity index (χ1) is 15.1. The van der Waals surface area contributed by atoms with Gasteiger partial charge in [-0.05, 0) is 68.9 Å². The maximum Gasteiger partial charge on any atom is 0.317 e. The van der Waals surface area contributed by atoms with E-state index in [4.69, 9.17) is 0 Å². The number of carbonyl (C=O) groups is 1. The molecule has 1 unspecified atom stereocenters. The van der Waals surface area contributed by atoms with Gasteiger partial charge in [0.05, 0.1) is 0 Å². The number of carbonyl (C=O) groups excluding carboxylic acids is 1. The molecule has 2 N–H and O–H groups in total. The fraction of sp³-hybridized carbons (Fsp3) is 0.640. The van der Waals surface area contributed by atoms with Crippen LogP contribution in [0.1, 0.15) is 55.8 Å². The fourth-order valence-corrected chi connectivity index (χ4v) is 6.49. The molecule has 3 atom stereocenters. The van der Waals surface area contributed by atoms with Crippen molar-refractivity contribution in [2.75, 3.05) is 32.4 Å². The van der Waals surface area contributed by atoms with Crippen molar-refractivity contribution in [2.24, 2.45) is 5.92 Å². The summed E-state index contributed by atoms with van der Waals surface area (Å²) >= 11 is 1.90. The molecule has 2 amide bonds. The Bertz CT molecular complexity index is 948. The molecular weight excluding hydrogens is 404 g/mol. The van der Waals surface area contributed by atoms with Crippen LogP contribution in [-0.4, -0.2) is 65.3 Å². The maximum absolute atomic E-state index is 12.8. The lowest BCUT2D eigenvalue weighted by Gasteiger charge is -2.47. The lowest BCUT2D eigenvalue weighted by molar-refractivity contribution is 0.0932. The van der Waals surface area contributed by atoms with Gasteiger partial charge in [-0.15, -0.1) is 0 Å². The Kier molecular flexibility index (Phi) is 5.95. The molecule has 0 radical (unpaired) electrons. The third-order valence-corrected chi connectivity index (χ3v) is 8.22. The zero-order valence-corrected chi connectivity index (χ0v) is 19.9. The molecule has 1 aliphatic heterocycles. The number of aromatic amines is 1. The summed E-state index contributed by atoms with van der Waals surface area (Å²) < 4.78 is 0. The second kappa shape index (κ2) is 8.70. The summed E-state index contributed by atoms with van der Waals surface area (Å²) in [5, 5.41) is 4.86. The van der Waals surface area contributed by atoms with Crippen LogP contribution in [0.2, 0.25) is 0 Å². The zero-order valence-electron chi connectivity index (χ0n) is 19.1. The van der Waals surface area contributed by atoms with Crippen LogP contribution in [0.3, 0.4) is 0 Å². The van der Waals surface area contributed by atoms with Crippen LogP contribution >= 0.6 is 11.8 Å². The summed E-state index contributed by atoms with van der Waals surface area (Å²) in [7, 11) is 0. The number of hydrogen-bond donors (Lipinski definition) is 2. The van der Waals surface area contributed by atoms with Crippen LogP contribution in [0.5, 0.6) is 0 Å². The highest BCUT2D eigenvalue weighted by Crippen LogP contribution is 2.46. The molecule has 31 heavy (non-hydrogen) atoms. The number of hydrogen-bond acceptors (Lipinski definition) is 3. The van der Waals surface area contributed by atoms with Crippen molar-refractivity contribution in [2.45, 2.75) is 63.3 Å². The molecule has 168 valence electrons. The van der Waals surface area contributed by atoms with Crippen LogP contribution in [0.15, 0.2) is 18.2 Å². The lowest BCUT2D eigenvalue weighted by Crippen LogP contribution is -2.58. The molecule has 2 aliphatic carbocycles. The summed E-state index contributed by atoms with van der Waals surface area (Å²) in [5.41, 5.74) is 5.75. The van der Waals surface area contributed by atoms with Gasteiger partial charge in [-0.25, -0.2) is 4.79 Å². The smallest absolute Gasteiger partial charge is 0.317 e. The molecule has 2 fully saturated rings. The lowest BCUT2D eigenvalue weighted by atomic mass is 9.73. The molecule has 1 aromatic heterocycles. The number of fused-ring (bicyclic) bond motifs is 2. The average molecular weight is 441 g/mol. The monoisotopic (exact) mass is 440 g/mol. The number of piperidine rings is 1. The molecule has 5 nitrogen and oxygen atoms in total. The van der Waals surface area contributed by atoms with Gasteiger partial charge >= 0.3 is 6.03 Å². The summed E-state index contributed by atoms with van der Waals surface area (Å²) in [4.78, 5) is 21.2. The zero-order chi connectivity index (χ0) is 21.5. The van der Waals surface area contributed by atoms with Gasteiger partial charge in [0.2, 0.25) is 0 Å². The van der Waals surface area contributed by atoms with Crippen molar-refractivity contribution in [3.63, 3.8) is 0 Å². The molecular formula is C25H36N4OS. The van der Waals surface area contributed by atoms with Crippen molar-refractivity contribution in [3.8, 4) is 0 Å². The Hall–Kier alpha value is -1.66. The minimum atomic E-state index is 0.0958. The second-order valence-corrected chi connectivity index (χ2v) is 10.5. The molecule has 0 spiro atoms. The van der Waals surface area contributed by atoms with E-state index in [2.05, 4.69) is 53.5 Å². The van der Waals surface area contributed by atoms with E-state index in [-0.39, 0.29) is 12.1 Å². The summed E-state index contributed by atoms with van der Waals surface area (Å²) in [6.45, 7) is 7.81. The summed E-state index contributed by atoms with van der Waals surface area (Å²) in [5.74, 6) is 2.39. The first-order valence-corrected chi connectivity index (χ1v) is 13.4. The Morgan fingerprint density at radius 3 is 2.81 bits per heavy atom. The van der Waals surface area contributed by atoms with E-state index in [1.54, 1.807) is 5.56 Å². The average Bonchev–Trinajstić information content (AvgIpc) is 3.51. The van der Waals surface area contributed by atoms with Crippen LogP contribution in [-0.2, 0) is 12.2 Å². The number of rotatable bonds is 7. The summed E-state index contributed by atoms with van der Waals surface area (Å²) in [6.07, 6.45) is 7.11. The molecule has 1 saturated carbocycles. The first kappa shape index (κ1) is 21.2. The quantitative estimate of drug-likeness (QED) is 0.663. The SMILES string of the molecule is CCN(CC)C(=O)N[C@H]1CC2c3cccc4[nH]c(CSC)c(c34)C[C@H]2N(CC2CC2)C1. The van der Waals surface area contributed by atoms with E-state index in [1.807, 2.05) is 16.7 Å². The number of H-pyrrole nitrogens is 1. The number of amides is 2. The van der Waals surface area contributed by atoms with Crippen molar-refractivity contribution in [1.29, 1.82) is 0 Å². The van der Waals surface area contributed by atoms with Gasteiger partial charge in [-0.1, -0.05) is 12.1 Å². The molecule has 2 aromatic rings. The molecule has 1 saturated heterocycles. The number of thioether (sulfide) groups is 1. The number of likely N-dealkylation sites (tertiary alicyclic amines) is 1. The van der Waals surface area contributed by atoms with E-state index in [0.29, 0.717) is 12.0 Å². The van der Waals surface area contributed by atoms with Crippen LogP contribution in [0.25, 0.3) is 10.9 Å². The molecule has 0 bridgehead atoms. The predicted octanol–water partition coefficient (Wildman–Crippen LogP) is 4.57. The molecule has 3 aliphatic rings. The van der Waals surface area contributed by atoms with Crippen LogP contribution < -0.4 is 5.32 Å². The Balaban J connectivity index is 1.48. The maximum atomic E-state index is 12.8. The number of nitrogens with one attached hydrogen (secondary N) is 2. The minimum absolute atomic E-state index is 0.0958. The van der Waals surface area contributed by atoms with Crippen LogP contribution in [0.4, 0.5) is 4.79 Å². The van der Waals surface area contributed by atoms with Gasteiger partial charge in [-0.3, -0.25) is 4.90 Å². The number of nitrogens with zero attached hydrogens (tertiary/aromatic N) is 2. The van der Waals surface area contributed by atoms with Crippen molar-refractivity contribution in [1.82, 2.24) is 20.1 Å². The van der Waals surface area contributed by atoms with E-state index >= 15 is 0 Å². The number of aromatic nitrogens is 1. The minimum Gasteiger partial charge on any atom is -0.357 e. The van der Waals surface area contributed by atoms with Gasteiger partial charge in [0, 0.05) is 66.5 Å². The molecule has 6 heteroatoms. The van der Waals surface area contributed by atoms with Crippen molar-refractivity contribution >= 4 is 28.7 Å². The Morgan fingerprint density at radius 2 is 2.10 bits per heavy atom. The van der Waals surface area contributed by atoms with Gasteiger partial charge < -0.3 is 15.2 Å². The number of urea groups is 1.